The molecule has 0 fully saturated rings. The highest BCUT2D eigenvalue weighted by Gasteiger charge is 2.11. The van der Waals surface area contributed by atoms with Gasteiger partial charge >= 0.3 is 0 Å². The number of amides is 1. The Morgan fingerprint density at radius 2 is 2.00 bits per heavy atom. The second-order valence-corrected chi connectivity index (χ2v) is 4.92. The van der Waals surface area contributed by atoms with Crippen LogP contribution < -0.4 is 10.1 Å². The van der Waals surface area contributed by atoms with E-state index in [9.17, 15) is 4.79 Å². The number of carbonyl (C=O) groups is 1. The summed E-state index contributed by atoms with van der Waals surface area (Å²) in [5.74, 6) is 0.677. The van der Waals surface area contributed by atoms with Gasteiger partial charge < -0.3 is 10.1 Å². The Morgan fingerprint density at radius 1 is 1.28 bits per heavy atom. The Hall–Kier alpha value is -1.81. The van der Waals surface area contributed by atoms with Crippen LogP contribution in [-0.4, -0.2) is 13.0 Å². The number of nitrogens with one attached hydrogen (secondary N) is 1. The first-order chi connectivity index (χ1) is 8.70. The number of carbonyl (C=O) groups excluding carboxylic acids is 1. The standard InChI is InChI=1S/C14H15NO2S/c1-10(13-4-3-9-18-13)15-14(16)11-5-7-12(17-2)8-6-11/h3-10H,1-2H3,(H,15,16)/t10-/m1/s1. The third-order valence-corrected chi connectivity index (χ3v) is 3.72. The molecule has 1 heterocycles. The van der Waals surface area contributed by atoms with Gasteiger partial charge in [-0.05, 0) is 42.6 Å². The van der Waals surface area contributed by atoms with Gasteiger partial charge in [-0.1, -0.05) is 6.07 Å². The summed E-state index contributed by atoms with van der Waals surface area (Å²) in [6.45, 7) is 1.98. The molecule has 1 atom stereocenters. The van der Waals surface area contributed by atoms with Crippen LogP contribution in [0.15, 0.2) is 41.8 Å². The normalized spacial score (nSPS) is 11.9. The molecule has 0 bridgehead atoms. The molecule has 0 spiro atoms. The maximum Gasteiger partial charge on any atom is 0.251 e. The highest BCUT2D eigenvalue weighted by molar-refractivity contribution is 7.10. The number of thiophene rings is 1. The molecule has 2 aromatic rings. The highest BCUT2D eigenvalue weighted by atomic mass is 32.1. The zero-order chi connectivity index (χ0) is 13.0. The third-order valence-electron chi connectivity index (χ3n) is 2.67. The van der Waals surface area contributed by atoms with E-state index in [1.54, 1.807) is 42.7 Å². The summed E-state index contributed by atoms with van der Waals surface area (Å²) >= 11 is 1.64. The van der Waals surface area contributed by atoms with E-state index in [2.05, 4.69) is 5.32 Å². The fourth-order valence-corrected chi connectivity index (χ4v) is 2.37. The molecule has 1 N–H and O–H groups in total. The maximum absolute atomic E-state index is 12.0. The molecule has 1 amide bonds. The van der Waals surface area contributed by atoms with Gasteiger partial charge in [-0.3, -0.25) is 4.79 Å². The van der Waals surface area contributed by atoms with E-state index in [1.807, 2.05) is 24.4 Å². The van der Waals surface area contributed by atoms with Gasteiger partial charge in [-0.25, -0.2) is 0 Å². The summed E-state index contributed by atoms with van der Waals surface area (Å²) < 4.78 is 5.06. The second kappa shape index (κ2) is 5.69. The molecule has 94 valence electrons. The van der Waals surface area contributed by atoms with Crippen molar-refractivity contribution in [3.63, 3.8) is 0 Å². The minimum atomic E-state index is -0.0708. The van der Waals surface area contributed by atoms with Crippen LogP contribution >= 0.6 is 11.3 Å². The summed E-state index contributed by atoms with van der Waals surface area (Å²) in [7, 11) is 1.61. The van der Waals surface area contributed by atoms with Crippen molar-refractivity contribution in [2.24, 2.45) is 0 Å². The minimum absolute atomic E-state index is 0.0274. The van der Waals surface area contributed by atoms with Gasteiger partial charge in [0, 0.05) is 10.4 Å². The molecular weight excluding hydrogens is 246 g/mol. The minimum Gasteiger partial charge on any atom is -0.497 e. The molecule has 1 aromatic carbocycles. The molecule has 0 saturated carbocycles. The quantitative estimate of drug-likeness (QED) is 0.917. The predicted octanol–water partition coefficient (Wildman–Crippen LogP) is 3.25. The average Bonchev–Trinajstić information content (AvgIpc) is 2.92. The molecule has 2 rings (SSSR count). The number of benzene rings is 1. The smallest absolute Gasteiger partial charge is 0.251 e. The van der Waals surface area contributed by atoms with Gasteiger partial charge in [0.1, 0.15) is 5.75 Å². The lowest BCUT2D eigenvalue weighted by Gasteiger charge is -2.12. The van der Waals surface area contributed by atoms with Crippen LogP contribution in [0.3, 0.4) is 0 Å². The maximum atomic E-state index is 12.0. The van der Waals surface area contributed by atoms with Gasteiger partial charge in [-0.15, -0.1) is 11.3 Å². The zero-order valence-corrected chi connectivity index (χ0v) is 11.2. The first-order valence-corrected chi connectivity index (χ1v) is 6.57. The lowest BCUT2D eigenvalue weighted by atomic mass is 10.2. The molecule has 0 aliphatic rings. The Morgan fingerprint density at radius 3 is 2.56 bits per heavy atom. The first kappa shape index (κ1) is 12.6. The largest absolute Gasteiger partial charge is 0.497 e. The highest BCUT2D eigenvalue weighted by Crippen LogP contribution is 2.19. The average molecular weight is 261 g/mol. The van der Waals surface area contributed by atoms with Gasteiger partial charge in [0.05, 0.1) is 13.2 Å². The van der Waals surface area contributed by atoms with Crippen LogP contribution in [0.5, 0.6) is 5.75 Å². The van der Waals surface area contributed by atoms with Gasteiger partial charge in [0.15, 0.2) is 0 Å². The first-order valence-electron chi connectivity index (χ1n) is 5.69. The van der Waals surface area contributed by atoms with Crippen LogP contribution in [0.2, 0.25) is 0 Å². The molecule has 0 unspecified atom stereocenters. The Labute approximate surface area is 110 Å². The molecule has 4 heteroatoms. The van der Waals surface area contributed by atoms with E-state index >= 15 is 0 Å². The molecule has 0 aliphatic carbocycles. The van der Waals surface area contributed by atoms with Crippen molar-refractivity contribution in [1.82, 2.24) is 5.32 Å². The zero-order valence-electron chi connectivity index (χ0n) is 10.3. The molecule has 0 aliphatic heterocycles. The fourth-order valence-electron chi connectivity index (χ4n) is 1.63. The van der Waals surface area contributed by atoms with Crippen LogP contribution in [0.25, 0.3) is 0 Å². The van der Waals surface area contributed by atoms with E-state index < -0.39 is 0 Å². The van der Waals surface area contributed by atoms with Crippen molar-refractivity contribution in [2.45, 2.75) is 13.0 Å². The number of rotatable bonds is 4. The van der Waals surface area contributed by atoms with Crippen molar-refractivity contribution in [3.8, 4) is 5.75 Å². The topological polar surface area (TPSA) is 38.3 Å². The molecule has 18 heavy (non-hydrogen) atoms. The molecule has 3 nitrogen and oxygen atoms in total. The van der Waals surface area contributed by atoms with Crippen molar-refractivity contribution >= 4 is 17.2 Å². The fraction of sp³-hybridized carbons (Fsp3) is 0.214. The van der Waals surface area contributed by atoms with Crippen molar-refractivity contribution in [3.05, 3.63) is 52.2 Å². The van der Waals surface area contributed by atoms with E-state index in [0.29, 0.717) is 5.56 Å². The van der Waals surface area contributed by atoms with Gasteiger partial charge in [0.2, 0.25) is 0 Å². The molecule has 0 saturated heterocycles. The SMILES string of the molecule is COc1ccc(C(=O)N[C@H](C)c2cccs2)cc1. The van der Waals surface area contributed by atoms with Crippen molar-refractivity contribution in [2.75, 3.05) is 7.11 Å². The summed E-state index contributed by atoms with van der Waals surface area (Å²) in [6.07, 6.45) is 0. The summed E-state index contributed by atoms with van der Waals surface area (Å²) in [5.41, 5.74) is 0.638. The summed E-state index contributed by atoms with van der Waals surface area (Å²) in [6, 6.07) is 11.1. The van der Waals surface area contributed by atoms with E-state index in [1.165, 1.54) is 0 Å². The van der Waals surface area contributed by atoms with Crippen LogP contribution in [0, 0.1) is 0 Å². The van der Waals surface area contributed by atoms with Crippen LogP contribution in [-0.2, 0) is 0 Å². The van der Waals surface area contributed by atoms with Gasteiger partial charge in [0.25, 0.3) is 5.91 Å². The third kappa shape index (κ3) is 2.90. The van der Waals surface area contributed by atoms with E-state index in [0.717, 1.165) is 10.6 Å². The number of hydrogen-bond acceptors (Lipinski definition) is 3. The molecule has 1 aromatic heterocycles. The van der Waals surface area contributed by atoms with Crippen LogP contribution in [0.1, 0.15) is 28.2 Å². The number of ether oxygens (including phenoxy) is 1. The molecular formula is C14H15NO2S. The second-order valence-electron chi connectivity index (χ2n) is 3.94. The lowest BCUT2D eigenvalue weighted by Crippen LogP contribution is -2.25. The monoisotopic (exact) mass is 261 g/mol. The van der Waals surface area contributed by atoms with Gasteiger partial charge in [-0.2, -0.15) is 0 Å². The van der Waals surface area contributed by atoms with E-state index in [-0.39, 0.29) is 11.9 Å². The number of methoxy groups -OCH3 is 1. The van der Waals surface area contributed by atoms with E-state index in [4.69, 9.17) is 4.74 Å². The number of hydrogen-bond donors (Lipinski definition) is 1. The predicted molar refractivity (Wildman–Crippen MR) is 73.2 cm³/mol. The summed E-state index contributed by atoms with van der Waals surface area (Å²) in [4.78, 5) is 13.2. The Bertz CT molecular complexity index is 505. The lowest BCUT2D eigenvalue weighted by molar-refractivity contribution is 0.0940. The van der Waals surface area contributed by atoms with Crippen molar-refractivity contribution in [1.29, 1.82) is 0 Å². The van der Waals surface area contributed by atoms with Crippen LogP contribution in [0.4, 0.5) is 0 Å². The Kier molecular flexibility index (Phi) is 3.99. The van der Waals surface area contributed by atoms with Crippen molar-refractivity contribution < 1.29 is 9.53 Å². The molecule has 0 radical (unpaired) electrons. The summed E-state index contributed by atoms with van der Waals surface area (Å²) in [5, 5.41) is 4.97. The Balaban J connectivity index is 2.03.